The minimum Gasteiger partial charge on any atom is -0.464 e. The Balaban J connectivity index is 1.71. The van der Waals surface area contributed by atoms with Crippen LogP contribution in [-0.4, -0.2) is 82.8 Å². The van der Waals surface area contributed by atoms with E-state index in [1.807, 2.05) is 32.2 Å². The SMILES string of the molecule is C=C/C(=C(\N=CC)[C@H](C)OC)c1c2c3cc(ccc3n1CC)-c1csc(n1)C[C@H](NC(=O)OC(C)(C)C)C(=O)N1CC[C@H](C)[C@H](N1)C(=O)OCC(C)(C)C2. The number of alkyl carbamates (subject to hydrolysis) is 1. The second kappa shape index (κ2) is 16.6. The average Bonchev–Trinajstić information content (AvgIpc) is 3.70. The number of benzene rings is 1. The Morgan fingerprint density at radius 1 is 1.30 bits per heavy atom. The van der Waals surface area contributed by atoms with Crippen molar-refractivity contribution in [2.45, 2.75) is 112 Å². The van der Waals surface area contributed by atoms with Gasteiger partial charge in [-0.1, -0.05) is 39.5 Å². The first-order valence-electron chi connectivity index (χ1n) is 18.7. The van der Waals surface area contributed by atoms with Crippen LogP contribution in [0.4, 0.5) is 4.79 Å². The molecule has 5 rings (SSSR count). The van der Waals surface area contributed by atoms with E-state index >= 15 is 0 Å². The van der Waals surface area contributed by atoms with Crippen LogP contribution in [-0.2, 0) is 43.2 Å². The van der Waals surface area contributed by atoms with Crippen LogP contribution in [0.3, 0.4) is 0 Å². The van der Waals surface area contributed by atoms with Crippen LogP contribution in [0, 0.1) is 11.3 Å². The Bertz CT molecular complexity index is 1950. The van der Waals surface area contributed by atoms with Crippen molar-refractivity contribution in [3.63, 3.8) is 0 Å². The second-order valence-electron chi connectivity index (χ2n) is 15.9. The molecule has 2 aliphatic rings. The third-order valence-electron chi connectivity index (χ3n) is 9.89. The summed E-state index contributed by atoms with van der Waals surface area (Å²) in [6, 6.07) is 4.59. The first-order chi connectivity index (χ1) is 25.5. The molecular weight excluding hydrogens is 705 g/mol. The van der Waals surface area contributed by atoms with E-state index in [-0.39, 0.29) is 31.0 Å². The Kier molecular flexibility index (Phi) is 12.5. The number of allylic oxidation sites excluding steroid dienone is 2. The summed E-state index contributed by atoms with van der Waals surface area (Å²) < 4.78 is 19.7. The van der Waals surface area contributed by atoms with Crippen LogP contribution in [0.5, 0.6) is 0 Å². The number of methoxy groups -OCH3 is 1. The molecule has 0 radical (unpaired) electrons. The van der Waals surface area contributed by atoms with Gasteiger partial charge in [-0.15, -0.1) is 11.3 Å². The maximum absolute atomic E-state index is 14.1. The molecule has 0 unspecified atom stereocenters. The summed E-state index contributed by atoms with van der Waals surface area (Å²) in [7, 11) is 1.67. The van der Waals surface area contributed by atoms with Crippen LogP contribution >= 0.6 is 11.3 Å². The van der Waals surface area contributed by atoms with Gasteiger partial charge in [0.05, 0.1) is 34.8 Å². The number of amides is 2. The zero-order valence-electron chi connectivity index (χ0n) is 33.4. The molecule has 1 saturated heterocycles. The lowest BCUT2D eigenvalue weighted by molar-refractivity contribution is -0.157. The van der Waals surface area contributed by atoms with Crippen LogP contribution < -0.4 is 10.7 Å². The van der Waals surface area contributed by atoms with E-state index < -0.39 is 35.2 Å². The van der Waals surface area contributed by atoms with Crippen molar-refractivity contribution >= 4 is 52.0 Å². The van der Waals surface area contributed by atoms with Gasteiger partial charge in [-0.3, -0.25) is 19.6 Å². The number of carbonyl (C=O) groups excluding carboxylic acids is 3. The summed E-state index contributed by atoms with van der Waals surface area (Å²) in [5.41, 5.74) is 8.30. The molecule has 2 aromatic heterocycles. The first kappa shape index (κ1) is 40.8. The molecular formula is C41H56N6O6S. The molecule has 292 valence electrons. The highest BCUT2D eigenvalue weighted by Gasteiger charge is 2.39. The summed E-state index contributed by atoms with van der Waals surface area (Å²) in [6.07, 6.45) is 3.89. The van der Waals surface area contributed by atoms with E-state index in [9.17, 15) is 14.4 Å². The summed E-state index contributed by atoms with van der Waals surface area (Å²) in [5, 5.41) is 7.91. The fourth-order valence-electron chi connectivity index (χ4n) is 7.12. The number of rotatable bonds is 7. The third-order valence-corrected chi connectivity index (χ3v) is 10.8. The van der Waals surface area contributed by atoms with Crippen molar-refractivity contribution < 1.29 is 28.6 Å². The van der Waals surface area contributed by atoms with Crippen LogP contribution in [0.1, 0.15) is 85.0 Å². The van der Waals surface area contributed by atoms with Crippen molar-refractivity contribution in [2.24, 2.45) is 16.3 Å². The highest BCUT2D eigenvalue weighted by atomic mass is 32.1. The minimum absolute atomic E-state index is 0.0952. The Hall–Kier alpha value is -4.33. The van der Waals surface area contributed by atoms with Crippen molar-refractivity contribution in [1.82, 2.24) is 25.3 Å². The monoisotopic (exact) mass is 760 g/mol. The number of aryl methyl sites for hydroxylation is 1. The summed E-state index contributed by atoms with van der Waals surface area (Å²) >= 11 is 1.42. The maximum atomic E-state index is 14.1. The molecule has 1 aromatic carbocycles. The number of cyclic esters (lactones) is 1. The molecule has 13 heteroatoms. The lowest BCUT2D eigenvalue weighted by Gasteiger charge is -2.38. The Morgan fingerprint density at radius 3 is 2.69 bits per heavy atom. The lowest BCUT2D eigenvalue weighted by atomic mass is 9.84. The molecule has 0 aliphatic carbocycles. The first-order valence-corrected chi connectivity index (χ1v) is 19.6. The lowest BCUT2D eigenvalue weighted by Crippen LogP contribution is -2.62. The number of aromatic nitrogens is 2. The number of nitrogens with one attached hydrogen (secondary N) is 2. The fraction of sp³-hybridized carbons (Fsp3) is 0.537. The number of hydrogen-bond donors (Lipinski definition) is 2. The predicted octanol–water partition coefficient (Wildman–Crippen LogP) is 7.11. The smallest absolute Gasteiger partial charge is 0.408 e. The van der Waals surface area contributed by atoms with E-state index in [0.717, 1.165) is 44.7 Å². The van der Waals surface area contributed by atoms with Crippen molar-refractivity contribution in [3.8, 4) is 11.3 Å². The van der Waals surface area contributed by atoms with Crippen molar-refractivity contribution in [3.05, 3.63) is 58.2 Å². The van der Waals surface area contributed by atoms with Gasteiger partial charge in [0, 0.05) is 65.7 Å². The van der Waals surface area contributed by atoms with Gasteiger partial charge in [0.1, 0.15) is 17.7 Å². The van der Waals surface area contributed by atoms with Crippen LogP contribution in [0.2, 0.25) is 0 Å². The molecule has 4 heterocycles. The van der Waals surface area contributed by atoms with Gasteiger partial charge in [-0.05, 0) is 78.0 Å². The van der Waals surface area contributed by atoms with Gasteiger partial charge in [0.15, 0.2) is 0 Å². The number of hydrogen-bond acceptors (Lipinski definition) is 10. The quantitative estimate of drug-likeness (QED) is 0.148. The number of aliphatic imine (C=N–C) groups is 1. The van der Waals surface area contributed by atoms with Crippen molar-refractivity contribution in [2.75, 3.05) is 20.3 Å². The zero-order chi connectivity index (χ0) is 39.5. The number of esters is 1. The molecule has 3 aromatic rings. The van der Waals surface area contributed by atoms with Crippen molar-refractivity contribution in [1.29, 1.82) is 0 Å². The largest absolute Gasteiger partial charge is 0.464 e. The predicted molar refractivity (Wildman–Crippen MR) is 214 cm³/mol. The molecule has 2 amide bonds. The maximum Gasteiger partial charge on any atom is 0.408 e. The highest BCUT2D eigenvalue weighted by Crippen LogP contribution is 2.40. The van der Waals surface area contributed by atoms with Gasteiger partial charge in [0.25, 0.3) is 5.91 Å². The molecule has 12 nitrogen and oxygen atoms in total. The van der Waals surface area contributed by atoms with Gasteiger partial charge in [-0.2, -0.15) is 0 Å². The van der Waals surface area contributed by atoms with E-state index in [4.69, 9.17) is 24.2 Å². The van der Waals surface area contributed by atoms with Gasteiger partial charge in [0.2, 0.25) is 0 Å². The van der Waals surface area contributed by atoms with E-state index in [2.05, 4.69) is 60.9 Å². The molecule has 54 heavy (non-hydrogen) atoms. The summed E-state index contributed by atoms with van der Waals surface area (Å²) in [6.45, 7) is 22.9. The normalized spacial score (nSPS) is 22.0. The number of hydrazine groups is 1. The van der Waals surface area contributed by atoms with Crippen LogP contribution in [0.15, 0.2) is 46.9 Å². The number of nitrogens with zero attached hydrogens (tertiary/aromatic N) is 4. The molecule has 2 N–H and O–H groups in total. The second-order valence-corrected chi connectivity index (χ2v) is 16.9. The molecule has 2 aliphatic heterocycles. The number of thiazole rings is 1. The zero-order valence-corrected chi connectivity index (χ0v) is 34.2. The Morgan fingerprint density at radius 2 is 2.04 bits per heavy atom. The fourth-order valence-corrected chi connectivity index (χ4v) is 7.97. The number of fused-ring (bicyclic) bond motifs is 6. The topological polar surface area (TPSA) is 136 Å². The molecule has 0 saturated carbocycles. The Labute approximate surface area is 323 Å². The van der Waals surface area contributed by atoms with E-state index in [1.165, 1.54) is 16.3 Å². The summed E-state index contributed by atoms with van der Waals surface area (Å²) in [4.78, 5) is 50.7. The standard InChI is InChI=1S/C41H56N6O6S/c1-12-27(35(42-13-2)25(5)51-11)36-29-21-41(9,10)23-52-38(49)34-24(4)17-18-47(45-34)37(48)30(44-39(50)53-40(6,7)8)20-33-43-31(22-54-33)26-15-16-32(28(29)19-26)46(36)14-3/h12-13,15-16,19,22,24-25,30,34,45H,1,14,17-18,20-21,23H2,2-11H3,(H,44,50)/b35-27+,42-13?/t24-,25-,30-,34-/m0/s1. The van der Waals surface area contributed by atoms with Gasteiger partial charge >= 0.3 is 12.1 Å². The summed E-state index contributed by atoms with van der Waals surface area (Å²) in [5.74, 6) is -0.917. The van der Waals surface area contributed by atoms with Gasteiger partial charge < -0.3 is 24.1 Å². The highest BCUT2D eigenvalue weighted by molar-refractivity contribution is 7.10. The van der Waals surface area contributed by atoms with Crippen LogP contribution in [0.25, 0.3) is 27.7 Å². The number of ether oxygens (including phenoxy) is 3. The molecule has 0 spiro atoms. The third kappa shape index (κ3) is 8.96. The number of carbonyl (C=O) groups is 3. The average molecular weight is 761 g/mol. The molecule has 4 atom stereocenters. The minimum atomic E-state index is -0.997. The molecule has 1 fully saturated rings. The molecule has 6 bridgehead atoms. The van der Waals surface area contributed by atoms with E-state index in [1.54, 1.807) is 34.1 Å². The van der Waals surface area contributed by atoms with Gasteiger partial charge in [-0.25, -0.2) is 15.2 Å². The van der Waals surface area contributed by atoms with E-state index in [0.29, 0.717) is 30.9 Å².